The second-order valence-corrected chi connectivity index (χ2v) is 5.33. The van der Waals surface area contributed by atoms with Gasteiger partial charge in [-0.1, -0.05) is 68.2 Å². The molecule has 0 radical (unpaired) electrons. The highest BCUT2D eigenvalue weighted by molar-refractivity contribution is 5.75. The lowest BCUT2D eigenvalue weighted by Gasteiger charge is -2.00. The number of carbonyl (C=O) groups is 1. The summed E-state index contributed by atoms with van der Waals surface area (Å²) in [5.74, 6) is -0.247. The molecule has 25 heavy (non-hydrogen) atoms. The molecule has 0 bridgehead atoms. The smallest absolute Gasteiger partial charge is 0.220 e. The third kappa shape index (κ3) is 20.3. The minimum Gasteiger partial charge on any atom is -0.395 e. The molecular weight excluding hydrogens is 310 g/mol. The lowest BCUT2D eigenvalue weighted by molar-refractivity contribution is -0.121. The van der Waals surface area contributed by atoms with Crippen molar-refractivity contribution in [3.63, 3.8) is 0 Å². The highest BCUT2D eigenvalue weighted by atomic mass is 16.3. The van der Waals surface area contributed by atoms with Crippen LogP contribution in [0.5, 0.6) is 0 Å². The first-order valence-electron chi connectivity index (χ1n) is 13.0. The Bertz CT molecular complexity index is 759. The third-order valence-electron chi connectivity index (χ3n) is 3.08. The SMILES string of the molecule is [2H]/C(CCCCC)=C(\[2H])C/C([2H])=C(/[2H])C/C([2H])=C(\[2H])C/C([2H])=C(/[2H])CCCC(=O)NCCO. The van der Waals surface area contributed by atoms with Crippen LogP contribution in [0.4, 0.5) is 0 Å². The fourth-order valence-corrected chi connectivity index (χ4v) is 1.77. The maximum absolute atomic E-state index is 11.5. The van der Waals surface area contributed by atoms with Gasteiger partial charge in [-0.05, 0) is 44.9 Å². The van der Waals surface area contributed by atoms with Crippen LogP contribution in [0.25, 0.3) is 0 Å². The zero-order valence-corrected chi connectivity index (χ0v) is 15.3. The van der Waals surface area contributed by atoms with Crippen molar-refractivity contribution in [2.75, 3.05) is 13.2 Å². The lowest BCUT2D eigenvalue weighted by atomic mass is 10.2. The topological polar surface area (TPSA) is 49.3 Å². The average molecular weight is 356 g/mol. The van der Waals surface area contributed by atoms with Gasteiger partial charge in [0.15, 0.2) is 0 Å². The molecule has 0 saturated carbocycles. The normalized spacial score (nSPS) is 19.9. The van der Waals surface area contributed by atoms with Crippen molar-refractivity contribution in [2.45, 2.75) is 71.1 Å². The largest absolute Gasteiger partial charge is 0.395 e. The molecule has 2 N–H and O–H groups in total. The summed E-state index contributed by atoms with van der Waals surface area (Å²) in [6, 6.07) is -0.832. The molecule has 0 atom stereocenters. The van der Waals surface area contributed by atoms with Crippen molar-refractivity contribution in [1.82, 2.24) is 5.32 Å². The van der Waals surface area contributed by atoms with Gasteiger partial charge < -0.3 is 10.4 Å². The summed E-state index contributed by atoms with van der Waals surface area (Å²) in [5.41, 5.74) is 0. The van der Waals surface area contributed by atoms with E-state index in [1.165, 1.54) is 0 Å². The van der Waals surface area contributed by atoms with E-state index in [1.807, 2.05) is 6.92 Å². The Balaban J connectivity index is 4.91. The molecule has 0 aliphatic heterocycles. The van der Waals surface area contributed by atoms with E-state index < -0.39 is 0 Å². The molecule has 0 aromatic rings. The Morgan fingerprint density at radius 2 is 1.40 bits per heavy atom. The number of hydrogen-bond acceptors (Lipinski definition) is 2. The summed E-state index contributed by atoms with van der Waals surface area (Å²) in [5, 5.41) is 11.2. The summed E-state index contributed by atoms with van der Waals surface area (Å²) in [7, 11) is 0. The van der Waals surface area contributed by atoms with Crippen LogP contribution < -0.4 is 5.32 Å². The number of aliphatic hydroxyl groups is 1. The quantitative estimate of drug-likeness (QED) is 0.294. The molecule has 0 aromatic carbocycles. The van der Waals surface area contributed by atoms with Crippen LogP contribution >= 0.6 is 0 Å². The fraction of sp³-hybridized carbons (Fsp3) is 0.591. The van der Waals surface area contributed by atoms with Gasteiger partial charge in [0.05, 0.1) is 17.6 Å². The molecule has 0 spiro atoms. The zero-order valence-electron chi connectivity index (χ0n) is 23.3. The van der Waals surface area contributed by atoms with Gasteiger partial charge in [-0.2, -0.15) is 0 Å². The minimum absolute atomic E-state index is 0.0114. The van der Waals surface area contributed by atoms with Crippen molar-refractivity contribution >= 4 is 5.91 Å². The van der Waals surface area contributed by atoms with Crippen molar-refractivity contribution in [3.05, 3.63) is 48.4 Å². The van der Waals surface area contributed by atoms with E-state index >= 15 is 0 Å². The van der Waals surface area contributed by atoms with Crippen LogP contribution in [-0.4, -0.2) is 24.2 Å². The Morgan fingerprint density at radius 1 is 0.880 bits per heavy atom. The van der Waals surface area contributed by atoms with Crippen LogP contribution in [0.15, 0.2) is 48.4 Å². The lowest BCUT2D eigenvalue weighted by Crippen LogP contribution is -2.25. The van der Waals surface area contributed by atoms with E-state index in [1.54, 1.807) is 0 Å². The van der Waals surface area contributed by atoms with Crippen molar-refractivity contribution < 1.29 is 20.9 Å². The highest BCUT2D eigenvalue weighted by Crippen LogP contribution is 2.01. The van der Waals surface area contributed by atoms with Gasteiger partial charge >= 0.3 is 0 Å². The molecule has 3 nitrogen and oxygen atoms in total. The number of nitrogens with one attached hydrogen (secondary N) is 1. The molecule has 0 aromatic heterocycles. The molecule has 3 heteroatoms. The van der Waals surface area contributed by atoms with Crippen molar-refractivity contribution in [2.24, 2.45) is 0 Å². The third-order valence-corrected chi connectivity index (χ3v) is 3.08. The number of amides is 1. The number of unbranched alkanes of at least 4 members (excludes halogenated alkanes) is 2. The number of allylic oxidation sites excluding steroid dienone is 8. The van der Waals surface area contributed by atoms with E-state index in [9.17, 15) is 4.79 Å². The molecule has 0 fully saturated rings. The maximum Gasteiger partial charge on any atom is 0.220 e. The molecule has 1 amide bonds. The first-order chi connectivity index (χ1) is 15.5. The zero-order chi connectivity index (χ0) is 25.4. The molecule has 0 heterocycles. The summed E-state index contributed by atoms with van der Waals surface area (Å²) in [6.45, 7) is 2.06. The second-order valence-electron chi connectivity index (χ2n) is 5.33. The average Bonchev–Trinajstić information content (AvgIpc) is 2.77. The predicted octanol–water partition coefficient (Wildman–Crippen LogP) is 5.24. The van der Waals surface area contributed by atoms with E-state index in [4.69, 9.17) is 16.1 Å². The fourth-order valence-electron chi connectivity index (χ4n) is 1.77. The van der Waals surface area contributed by atoms with Crippen LogP contribution in [0.3, 0.4) is 0 Å². The summed E-state index contributed by atoms with van der Waals surface area (Å²) in [4.78, 5) is 11.5. The number of hydrogen-bond donors (Lipinski definition) is 2. The number of rotatable bonds is 16. The summed E-state index contributed by atoms with van der Waals surface area (Å²) in [6.07, 6.45) is 3.26. The molecule has 0 aliphatic carbocycles. The maximum atomic E-state index is 11.5. The van der Waals surface area contributed by atoms with Gasteiger partial charge in [-0.15, -0.1) is 0 Å². The van der Waals surface area contributed by atoms with Gasteiger partial charge in [-0.25, -0.2) is 0 Å². The van der Waals surface area contributed by atoms with Gasteiger partial charge in [0, 0.05) is 13.0 Å². The molecule has 0 rings (SSSR count). The first kappa shape index (κ1) is 12.7. The molecular formula is C22H37NO2. The first-order valence-corrected chi connectivity index (χ1v) is 9.01. The molecule has 142 valence electrons. The van der Waals surface area contributed by atoms with Crippen molar-refractivity contribution in [3.8, 4) is 0 Å². The summed E-state index contributed by atoms with van der Waals surface area (Å²) < 4.78 is 63.6. The highest BCUT2D eigenvalue weighted by Gasteiger charge is 1.97. The standard InChI is InChI=1S/C22H37NO2/c1-2-3-4-5-6-7-8-9-10-11-12-13-14-15-16-17-18-19-22(25)23-20-21-24/h6-7,9-10,12-13,15-16,24H,2-5,8,11,14,17-21H2,1H3,(H,23,25)/b7-6-,10-9-,13-12+,16-15-/i6D,7D,9D,10D,12D,13D,15D,16D. The van der Waals surface area contributed by atoms with E-state index in [0.717, 1.165) is 19.3 Å². The predicted molar refractivity (Wildman–Crippen MR) is 108 cm³/mol. The van der Waals surface area contributed by atoms with Gasteiger partial charge in [0.2, 0.25) is 5.91 Å². The monoisotopic (exact) mass is 355 g/mol. The molecule has 0 aliphatic rings. The Labute approximate surface area is 165 Å². The van der Waals surface area contributed by atoms with Crippen LogP contribution in [0.1, 0.15) is 82.1 Å². The van der Waals surface area contributed by atoms with Crippen LogP contribution in [-0.2, 0) is 4.79 Å². The van der Waals surface area contributed by atoms with Gasteiger partial charge in [0.25, 0.3) is 0 Å². The minimum atomic E-state index is -0.278. The van der Waals surface area contributed by atoms with Gasteiger partial charge in [-0.3, -0.25) is 4.79 Å². The van der Waals surface area contributed by atoms with Gasteiger partial charge in [0.1, 0.15) is 0 Å². The van der Waals surface area contributed by atoms with Crippen LogP contribution in [0.2, 0.25) is 0 Å². The second kappa shape index (κ2) is 20.4. The van der Waals surface area contributed by atoms with Crippen molar-refractivity contribution in [1.29, 1.82) is 0 Å². The Hall–Kier alpha value is -1.61. The van der Waals surface area contributed by atoms with Crippen LogP contribution in [0, 0.1) is 0 Å². The Kier molecular flexibility index (Phi) is 10.4. The molecule has 0 saturated heterocycles. The molecule has 0 unspecified atom stereocenters. The summed E-state index contributed by atoms with van der Waals surface area (Å²) >= 11 is 0. The van der Waals surface area contributed by atoms with E-state index in [-0.39, 0.29) is 99.6 Å². The number of aliphatic hydroxyl groups excluding tert-OH is 1. The Morgan fingerprint density at radius 3 is 1.92 bits per heavy atom. The number of carbonyl (C=O) groups excluding carboxylic acids is 1. The van der Waals surface area contributed by atoms with E-state index in [2.05, 4.69) is 5.32 Å². The van der Waals surface area contributed by atoms with E-state index in [0.29, 0.717) is 12.8 Å².